The van der Waals surface area contributed by atoms with Crippen molar-refractivity contribution in [3.63, 3.8) is 0 Å². The van der Waals surface area contributed by atoms with Crippen molar-refractivity contribution < 1.29 is 0 Å². The molecule has 3 N–H and O–H groups in total. The maximum absolute atomic E-state index is 11.5. The van der Waals surface area contributed by atoms with E-state index < -0.39 is 0 Å². The molecule has 0 bridgehead atoms. The summed E-state index contributed by atoms with van der Waals surface area (Å²) in [6.45, 7) is 0.256. The predicted molar refractivity (Wildman–Crippen MR) is 70.0 cm³/mol. The van der Waals surface area contributed by atoms with Gasteiger partial charge in [0.25, 0.3) is 5.56 Å². The van der Waals surface area contributed by atoms with Gasteiger partial charge in [-0.1, -0.05) is 34.8 Å². The fraction of sp³-hybridized carbons (Fsp3) is 0.100. The Balaban J connectivity index is 2.40. The number of anilines is 1. The first-order valence-electron chi connectivity index (χ1n) is 4.66. The Hall–Kier alpha value is -1.10. The van der Waals surface area contributed by atoms with Gasteiger partial charge < -0.3 is 5.73 Å². The SMILES string of the molecule is Nc1cc(=O)n(Cc2cc(Cl)c(Cl)cc2Cl)[nH]1. The maximum Gasteiger partial charge on any atom is 0.268 e. The lowest BCUT2D eigenvalue weighted by Gasteiger charge is -2.06. The number of nitrogens with zero attached hydrogens (tertiary/aromatic N) is 1. The minimum Gasteiger partial charge on any atom is -0.384 e. The molecule has 1 aromatic heterocycles. The Bertz CT molecular complexity index is 618. The van der Waals surface area contributed by atoms with Gasteiger partial charge in [-0.2, -0.15) is 0 Å². The summed E-state index contributed by atoms with van der Waals surface area (Å²) in [5.74, 6) is 0.297. The van der Waals surface area contributed by atoms with Crippen molar-refractivity contribution in [3.8, 4) is 0 Å². The lowest BCUT2D eigenvalue weighted by atomic mass is 10.2. The minimum absolute atomic E-state index is 0.232. The van der Waals surface area contributed by atoms with E-state index in [1.807, 2.05) is 0 Å². The van der Waals surface area contributed by atoms with Crippen molar-refractivity contribution in [2.45, 2.75) is 6.54 Å². The molecule has 0 saturated heterocycles. The largest absolute Gasteiger partial charge is 0.384 e. The van der Waals surface area contributed by atoms with E-state index in [0.717, 1.165) is 0 Å². The first kappa shape index (κ1) is 12.4. The summed E-state index contributed by atoms with van der Waals surface area (Å²) in [6.07, 6.45) is 0. The van der Waals surface area contributed by atoms with Gasteiger partial charge >= 0.3 is 0 Å². The van der Waals surface area contributed by atoms with Crippen LogP contribution in [-0.4, -0.2) is 9.78 Å². The van der Waals surface area contributed by atoms with Gasteiger partial charge in [-0.25, -0.2) is 4.68 Å². The summed E-state index contributed by atoms with van der Waals surface area (Å²) >= 11 is 17.7. The van der Waals surface area contributed by atoms with Crippen LogP contribution in [0.5, 0.6) is 0 Å². The molecule has 0 aliphatic rings. The van der Waals surface area contributed by atoms with Crippen LogP contribution in [0.25, 0.3) is 0 Å². The summed E-state index contributed by atoms with van der Waals surface area (Å²) in [5.41, 5.74) is 5.92. The van der Waals surface area contributed by atoms with Crippen molar-refractivity contribution in [1.29, 1.82) is 0 Å². The van der Waals surface area contributed by atoms with Gasteiger partial charge in [0.2, 0.25) is 0 Å². The van der Waals surface area contributed by atoms with Gasteiger partial charge in [0, 0.05) is 11.1 Å². The van der Waals surface area contributed by atoms with Crippen LogP contribution in [-0.2, 0) is 6.54 Å². The van der Waals surface area contributed by atoms with Crippen molar-refractivity contribution in [2.24, 2.45) is 0 Å². The normalized spacial score (nSPS) is 10.8. The highest BCUT2D eigenvalue weighted by atomic mass is 35.5. The van der Waals surface area contributed by atoms with E-state index in [1.54, 1.807) is 6.07 Å². The van der Waals surface area contributed by atoms with Crippen LogP contribution in [0, 0.1) is 0 Å². The van der Waals surface area contributed by atoms with Crippen LogP contribution >= 0.6 is 34.8 Å². The topological polar surface area (TPSA) is 63.8 Å². The number of nitrogens with one attached hydrogen (secondary N) is 1. The smallest absolute Gasteiger partial charge is 0.268 e. The number of halogens is 3. The van der Waals surface area contributed by atoms with E-state index in [1.165, 1.54) is 16.8 Å². The van der Waals surface area contributed by atoms with Crippen LogP contribution in [0.15, 0.2) is 23.0 Å². The molecule has 0 saturated carbocycles. The van der Waals surface area contributed by atoms with Gasteiger partial charge in [0.1, 0.15) is 5.82 Å². The lowest BCUT2D eigenvalue weighted by Crippen LogP contribution is -2.16. The zero-order valence-corrected chi connectivity index (χ0v) is 10.8. The average Bonchev–Trinajstić information content (AvgIpc) is 2.54. The highest BCUT2D eigenvalue weighted by molar-refractivity contribution is 6.43. The first-order valence-corrected chi connectivity index (χ1v) is 5.79. The molecule has 0 aliphatic heterocycles. The van der Waals surface area contributed by atoms with Gasteiger partial charge in [-0.15, -0.1) is 0 Å². The van der Waals surface area contributed by atoms with Crippen LogP contribution in [0.2, 0.25) is 15.1 Å². The van der Waals surface area contributed by atoms with Crippen molar-refractivity contribution in [1.82, 2.24) is 9.78 Å². The van der Waals surface area contributed by atoms with Gasteiger partial charge in [0.05, 0.1) is 16.6 Å². The van der Waals surface area contributed by atoms with E-state index in [4.69, 9.17) is 40.5 Å². The molecule has 0 aliphatic carbocycles. The van der Waals surface area contributed by atoms with Crippen molar-refractivity contribution >= 4 is 40.6 Å². The number of H-pyrrole nitrogens is 1. The zero-order chi connectivity index (χ0) is 12.6. The number of aromatic amines is 1. The Morgan fingerprint density at radius 2 is 1.76 bits per heavy atom. The second-order valence-corrected chi connectivity index (χ2v) is 4.72. The fourth-order valence-corrected chi connectivity index (χ4v) is 2.06. The second-order valence-electron chi connectivity index (χ2n) is 3.49. The quantitative estimate of drug-likeness (QED) is 0.836. The summed E-state index contributed by atoms with van der Waals surface area (Å²) in [6, 6.07) is 4.46. The zero-order valence-electron chi connectivity index (χ0n) is 8.51. The van der Waals surface area contributed by atoms with Crippen LogP contribution < -0.4 is 11.3 Å². The molecule has 2 rings (SSSR count). The van der Waals surface area contributed by atoms with Crippen LogP contribution in [0.4, 0.5) is 5.82 Å². The predicted octanol–water partition coefficient (Wildman–Crippen LogP) is 2.77. The third-order valence-electron chi connectivity index (χ3n) is 2.23. The molecule has 1 aromatic carbocycles. The Labute approximate surface area is 112 Å². The average molecular weight is 293 g/mol. The summed E-state index contributed by atoms with van der Waals surface area (Å²) in [5, 5.41) is 3.91. The summed E-state index contributed by atoms with van der Waals surface area (Å²) in [7, 11) is 0. The third kappa shape index (κ3) is 2.60. The van der Waals surface area contributed by atoms with Gasteiger partial charge in [0.15, 0.2) is 0 Å². The second kappa shape index (κ2) is 4.64. The van der Waals surface area contributed by atoms with E-state index in [9.17, 15) is 4.79 Å². The fourth-order valence-electron chi connectivity index (χ4n) is 1.43. The molecule has 90 valence electrons. The third-order valence-corrected chi connectivity index (χ3v) is 3.30. The van der Waals surface area contributed by atoms with Crippen molar-refractivity contribution in [2.75, 3.05) is 5.73 Å². The van der Waals surface area contributed by atoms with Crippen LogP contribution in [0.3, 0.4) is 0 Å². The molecule has 7 heteroatoms. The van der Waals surface area contributed by atoms with E-state index >= 15 is 0 Å². The Morgan fingerprint density at radius 3 is 2.35 bits per heavy atom. The highest BCUT2D eigenvalue weighted by Crippen LogP contribution is 2.29. The van der Waals surface area contributed by atoms with Crippen LogP contribution in [0.1, 0.15) is 5.56 Å². The molecule has 1 heterocycles. The number of rotatable bonds is 2. The molecule has 0 radical (unpaired) electrons. The van der Waals surface area contributed by atoms with E-state index in [2.05, 4.69) is 5.10 Å². The number of hydrogen-bond donors (Lipinski definition) is 2. The highest BCUT2D eigenvalue weighted by Gasteiger charge is 2.08. The molecule has 0 unspecified atom stereocenters. The first-order chi connectivity index (χ1) is 7.97. The summed E-state index contributed by atoms with van der Waals surface area (Å²) in [4.78, 5) is 11.5. The lowest BCUT2D eigenvalue weighted by molar-refractivity contribution is 0.667. The van der Waals surface area contributed by atoms with E-state index in [-0.39, 0.29) is 12.1 Å². The number of aromatic nitrogens is 2. The van der Waals surface area contributed by atoms with Gasteiger partial charge in [-0.05, 0) is 17.7 Å². The summed E-state index contributed by atoms with van der Waals surface area (Å²) < 4.78 is 1.33. The molecule has 0 fully saturated rings. The Morgan fingerprint density at radius 1 is 1.12 bits per heavy atom. The number of nitrogen functional groups attached to an aromatic ring is 1. The van der Waals surface area contributed by atoms with E-state index in [0.29, 0.717) is 26.4 Å². The molecule has 4 nitrogen and oxygen atoms in total. The van der Waals surface area contributed by atoms with Gasteiger partial charge in [-0.3, -0.25) is 9.89 Å². The maximum atomic E-state index is 11.5. The molecule has 0 amide bonds. The molecule has 0 atom stereocenters. The minimum atomic E-state index is -0.232. The molecule has 2 aromatic rings. The molecular weight excluding hydrogens is 284 g/mol. The molecule has 0 spiro atoms. The van der Waals surface area contributed by atoms with Crippen molar-refractivity contribution in [3.05, 3.63) is 49.2 Å². The molecular formula is C10H8Cl3N3O. The monoisotopic (exact) mass is 291 g/mol. The number of benzene rings is 1. The number of nitrogens with two attached hydrogens (primary N) is 1. The Kier molecular flexibility index (Phi) is 3.38. The molecule has 17 heavy (non-hydrogen) atoms. The number of hydrogen-bond acceptors (Lipinski definition) is 2. The standard InChI is InChI=1S/C10H8Cl3N3O/c11-6-2-8(13)7(12)1-5(6)4-16-10(17)3-9(14)15-16/h1-3,15H,4,14H2.